The molecule has 0 aromatic heterocycles. The van der Waals surface area contributed by atoms with Crippen LogP contribution in [0.4, 0.5) is 0 Å². The molecule has 0 spiro atoms. The lowest BCUT2D eigenvalue weighted by Crippen LogP contribution is -1.66. The maximum Gasteiger partial charge on any atom is 0.466 e. The maximum absolute atomic E-state index is 8.88. The smallest absolute Gasteiger partial charge is 0.303 e. The molecule has 7 heavy (non-hydrogen) atoms. The third-order valence-corrected chi connectivity index (χ3v) is 0. The van der Waals surface area contributed by atoms with Crippen molar-refractivity contribution in [2.45, 2.75) is 0 Å². The van der Waals surface area contributed by atoms with E-state index in [0.29, 0.717) is 0 Å². The molecule has 0 aromatic rings. The van der Waals surface area contributed by atoms with Gasteiger partial charge >= 0.3 is 7.82 Å². The van der Waals surface area contributed by atoms with Crippen LogP contribution in [0.25, 0.3) is 0 Å². The van der Waals surface area contributed by atoms with Crippen LogP contribution in [0.3, 0.4) is 0 Å². The second-order valence-electron chi connectivity index (χ2n) is 0.513. The minimum absolute atomic E-state index is 1.44. The molecule has 0 heterocycles. The summed E-state index contributed by atoms with van der Waals surface area (Å²) in [6, 6.07) is 0. The summed E-state index contributed by atoms with van der Waals surface area (Å²) >= 11 is 1.44. The van der Waals surface area contributed by atoms with E-state index in [0.717, 1.165) is 0 Å². The van der Waals surface area contributed by atoms with Crippen molar-refractivity contribution >= 4 is 32.3 Å². The molecule has 0 atom stereocenters. The first-order valence-electron chi connectivity index (χ1n) is 1.78. The van der Waals surface area contributed by atoms with E-state index in [9.17, 15) is 0 Å². The van der Waals surface area contributed by atoms with Crippen LogP contribution in [0.2, 0.25) is 0 Å². The van der Waals surface area contributed by atoms with Gasteiger partial charge in [0, 0.05) is 0 Å². The van der Waals surface area contributed by atoms with Gasteiger partial charge in [0.25, 0.3) is 0 Å². The minimum atomic E-state index is -4.64. The third kappa shape index (κ3) is 219. The van der Waals surface area contributed by atoms with Crippen molar-refractivity contribution in [2.24, 2.45) is 0 Å². The Kier molecular flexibility index (Phi) is 7.70. The first-order valence-corrected chi connectivity index (χ1v) is 11.3. The maximum atomic E-state index is 8.88. The molecular formula is H8AlO4PSi. The molecule has 0 fully saturated rings. The molecule has 0 radical (unpaired) electrons. The molecule has 0 rings (SSSR count). The summed E-state index contributed by atoms with van der Waals surface area (Å²) in [7, 11) is -3.19. The Morgan fingerprint density at radius 1 is 1.29 bits per heavy atom. The van der Waals surface area contributed by atoms with Crippen LogP contribution in [0.5, 0.6) is 0 Å². The SMILES string of the molecule is O=P(O)(O)O.[AlH2][SiH3]. The van der Waals surface area contributed by atoms with Gasteiger partial charge in [-0.15, -0.1) is 0 Å². The molecule has 44 valence electrons. The molecule has 0 aromatic carbocycles. The van der Waals surface area contributed by atoms with E-state index in [1.54, 1.807) is 0 Å². The Balaban J connectivity index is 0. The predicted molar refractivity (Wildman–Crippen MR) is 32.7 cm³/mol. The fourth-order valence-electron chi connectivity index (χ4n) is 0. The quantitative estimate of drug-likeness (QED) is 0.259. The molecule has 0 saturated heterocycles. The highest BCUT2D eigenvalue weighted by Gasteiger charge is 2.00. The Morgan fingerprint density at radius 2 is 1.29 bits per heavy atom. The van der Waals surface area contributed by atoms with Crippen LogP contribution in [-0.4, -0.2) is 39.1 Å². The molecule has 7 heteroatoms. The lowest BCUT2D eigenvalue weighted by Gasteiger charge is -1.82. The lowest BCUT2D eigenvalue weighted by molar-refractivity contribution is 0.275. The van der Waals surface area contributed by atoms with Crippen LogP contribution >= 0.6 is 7.82 Å². The zero-order valence-corrected chi connectivity index (χ0v) is 9.09. The van der Waals surface area contributed by atoms with E-state index in [2.05, 4.69) is 0 Å². The Morgan fingerprint density at radius 3 is 1.29 bits per heavy atom. The summed E-state index contributed by atoms with van der Waals surface area (Å²) in [6.07, 6.45) is 0. The highest BCUT2D eigenvalue weighted by Crippen LogP contribution is 2.25. The summed E-state index contributed by atoms with van der Waals surface area (Å²) < 4.78 is 8.88. The van der Waals surface area contributed by atoms with Gasteiger partial charge in [-0.2, -0.15) is 0 Å². The Bertz CT molecular complexity index is 57.8. The van der Waals surface area contributed by atoms with Gasteiger partial charge in [0.1, 0.15) is 0 Å². The molecule has 0 aliphatic heterocycles. The first-order chi connectivity index (χ1) is 3.00. The van der Waals surface area contributed by atoms with E-state index >= 15 is 0 Å². The van der Waals surface area contributed by atoms with Gasteiger partial charge in [-0.25, -0.2) is 4.57 Å². The van der Waals surface area contributed by atoms with Gasteiger partial charge in [-0.3, -0.25) is 0 Å². The molecule has 4 nitrogen and oxygen atoms in total. The highest BCUT2D eigenvalue weighted by molar-refractivity contribution is 7.45. The van der Waals surface area contributed by atoms with Crippen LogP contribution in [-0.2, 0) is 4.57 Å². The van der Waals surface area contributed by atoms with Crippen LogP contribution in [0.15, 0.2) is 0 Å². The van der Waals surface area contributed by atoms with Crippen molar-refractivity contribution in [1.29, 1.82) is 0 Å². The minimum Gasteiger partial charge on any atom is -0.303 e. The van der Waals surface area contributed by atoms with E-state index < -0.39 is 7.82 Å². The van der Waals surface area contributed by atoms with Gasteiger partial charge in [-0.1, -0.05) is 8.80 Å². The average molecular weight is 158 g/mol. The summed E-state index contributed by atoms with van der Waals surface area (Å²) in [5.74, 6) is 0. The molecule has 0 aliphatic carbocycles. The largest absolute Gasteiger partial charge is 0.466 e. The van der Waals surface area contributed by atoms with Crippen molar-refractivity contribution in [3.63, 3.8) is 0 Å². The molecule has 3 N–H and O–H groups in total. The van der Waals surface area contributed by atoms with Gasteiger partial charge in [0.05, 0.1) is 0 Å². The highest BCUT2D eigenvalue weighted by atomic mass is 31.2. The fraction of sp³-hybridized carbons (Fsp3) is 0. The Labute approximate surface area is 52.1 Å². The van der Waals surface area contributed by atoms with Crippen LogP contribution < -0.4 is 0 Å². The van der Waals surface area contributed by atoms with Gasteiger partial charge in [0.15, 0.2) is 15.6 Å². The predicted octanol–water partition coefficient (Wildman–Crippen LogP) is -3.03. The normalized spacial score (nSPS) is 9.57. The molecule has 0 saturated carbocycles. The van der Waals surface area contributed by atoms with Crippen molar-refractivity contribution < 1.29 is 19.2 Å². The second-order valence-corrected chi connectivity index (χ2v) is 1.54. The zero-order chi connectivity index (χ0) is 6.50. The van der Waals surface area contributed by atoms with Crippen LogP contribution in [0.1, 0.15) is 0 Å². The number of rotatable bonds is 0. The molecule has 0 aliphatic rings. The molecule has 0 bridgehead atoms. The molecule has 0 unspecified atom stereocenters. The van der Waals surface area contributed by atoms with E-state index in [1.807, 2.05) is 0 Å². The van der Waals surface area contributed by atoms with Crippen molar-refractivity contribution in [2.75, 3.05) is 0 Å². The van der Waals surface area contributed by atoms with Gasteiger partial charge in [-0.05, 0) is 0 Å². The summed E-state index contributed by atoms with van der Waals surface area (Å²) in [4.78, 5) is 21.6. The summed E-state index contributed by atoms with van der Waals surface area (Å²) in [6.45, 7) is 0. The number of phosphoric acid groups is 1. The topological polar surface area (TPSA) is 77.8 Å². The zero-order valence-electron chi connectivity index (χ0n) is 4.20. The Hall–Kier alpha value is 0.859. The fourth-order valence-corrected chi connectivity index (χ4v) is 0. The monoisotopic (exact) mass is 158 g/mol. The number of hydrogen-bond donors (Lipinski definition) is 3. The third-order valence-electron chi connectivity index (χ3n) is 0. The van der Waals surface area contributed by atoms with Gasteiger partial charge < -0.3 is 14.7 Å². The second kappa shape index (κ2) is 5.01. The van der Waals surface area contributed by atoms with E-state index in [-0.39, 0.29) is 0 Å². The van der Waals surface area contributed by atoms with Crippen molar-refractivity contribution in [3.8, 4) is 0 Å². The molecule has 0 amide bonds. The average Bonchev–Trinajstić information content (AvgIpc) is 1.36. The first kappa shape index (κ1) is 10.8. The standard InChI is InChI=1S/Al.H3O4P.H3Si.2H/c;1-5(2,3)4;;;/h;(H3,1,2,3,4);1H3;;. The van der Waals surface area contributed by atoms with Crippen molar-refractivity contribution in [3.05, 3.63) is 0 Å². The molecular weight excluding hydrogens is 150 g/mol. The van der Waals surface area contributed by atoms with E-state index in [4.69, 9.17) is 19.2 Å². The van der Waals surface area contributed by atoms with E-state index in [1.165, 1.54) is 24.4 Å². The van der Waals surface area contributed by atoms with Crippen LogP contribution in [0, 0.1) is 0 Å². The summed E-state index contributed by atoms with van der Waals surface area (Å²) in [5.41, 5.74) is 0. The summed E-state index contributed by atoms with van der Waals surface area (Å²) in [5, 5.41) is 0. The lowest BCUT2D eigenvalue weighted by atomic mass is 15.8. The van der Waals surface area contributed by atoms with Gasteiger partial charge in [0.2, 0.25) is 0 Å². The number of hydrogen-bond acceptors (Lipinski definition) is 1. The van der Waals surface area contributed by atoms with Crippen molar-refractivity contribution in [1.82, 2.24) is 0 Å².